The number of ether oxygens (including phenoxy) is 2. The highest BCUT2D eigenvalue weighted by atomic mass is 79.9. The fourth-order valence-electron chi connectivity index (χ4n) is 3.95. The minimum absolute atomic E-state index is 0.111. The predicted octanol–water partition coefficient (Wildman–Crippen LogP) is 2.10. The third-order valence-corrected chi connectivity index (χ3v) is 7.82. The Kier molecular flexibility index (Phi) is 4.71. The smallest absolute Gasteiger partial charge is 0.453 e. The van der Waals surface area contributed by atoms with Crippen LogP contribution < -0.4 is 0 Å². The molecule has 26 heavy (non-hydrogen) atoms. The Morgan fingerprint density at radius 3 is 2.38 bits per heavy atom. The maximum absolute atomic E-state index is 13.3. The molecule has 0 radical (unpaired) electrons. The Hall–Kier alpha value is -1.08. The minimum Gasteiger partial charge on any atom is -0.453 e. The molecule has 0 aromatic carbocycles. The first-order chi connectivity index (χ1) is 12.0. The van der Waals surface area contributed by atoms with Gasteiger partial charge in [-0.15, -0.1) is 0 Å². The summed E-state index contributed by atoms with van der Waals surface area (Å²) in [7, 11) is -4.84. The average molecular weight is 465 g/mol. The number of rotatable bonds is 1. The zero-order valence-electron chi connectivity index (χ0n) is 13.5. The summed E-state index contributed by atoms with van der Waals surface area (Å²) >= 11 is 2.88. The number of hydrogen-bond acceptors (Lipinski definition) is 6. The van der Waals surface area contributed by atoms with E-state index >= 15 is 0 Å². The molecular weight excluding hydrogens is 449 g/mol. The van der Waals surface area contributed by atoms with Crippen LogP contribution in [0.5, 0.6) is 0 Å². The van der Waals surface area contributed by atoms with Gasteiger partial charge in [0, 0.05) is 0 Å². The van der Waals surface area contributed by atoms with Gasteiger partial charge in [0.1, 0.15) is 16.5 Å². The van der Waals surface area contributed by atoms with Crippen molar-refractivity contribution < 1.29 is 40.7 Å². The highest BCUT2D eigenvalue weighted by Crippen LogP contribution is 2.54. The van der Waals surface area contributed by atoms with Gasteiger partial charge in [0.15, 0.2) is 0 Å². The molecule has 3 fully saturated rings. The topological polar surface area (TPSA) is 93.2 Å². The molecule has 0 aromatic rings. The molecule has 1 spiro atoms. The van der Waals surface area contributed by atoms with Crippen LogP contribution in [0.3, 0.4) is 0 Å². The number of alkyl halides is 4. The molecule has 1 saturated carbocycles. The van der Waals surface area contributed by atoms with E-state index in [1.54, 1.807) is 0 Å². The van der Waals surface area contributed by atoms with Crippen LogP contribution in [-0.2, 0) is 24.3 Å². The Labute approximate surface area is 155 Å². The zero-order valence-corrected chi connectivity index (χ0v) is 15.9. The van der Waals surface area contributed by atoms with Gasteiger partial charge in [0.05, 0.1) is 7.11 Å². The maximum atomic E-state index is 13.3. The first-order valence-electron chi connectivity index (χ1n) is 7.80. The van der Waals surface area contributed by atoms with Crippen LogP contribution in [0.2, 0.25) is 0 Å². The standard InChI is InChI=1S/C13H16BrF3N2O6S/c1-24-11(21)18-8-7(14)19(26(22,23)13(15,16)17)9(18)12(10(20)25-8)5-3-2-4-6-12/h7-9H,2-6H2,1H3/t7-,8+,9+/m0/s1. The molecule has 8 nitrogen and oxygen atoms in total. The molecule has 1 amide bonds. The van der Waals surface area contributed by atoms with Crippen LogP contribution >= 0.6 is 15.9 Å². The van der Waals surface area contributed by atoms with Crippen molar-refractivity contribution in [3.63, 3.8) is 0 Å². The number of sulfonamides is 1. The van der Waals surface area contributed by atoms with Gasteiger partial charge in [0.2, 0.25) is 6.23 Å². The molecular formula is C13H16BrF3N2O6S. The Balaban J connectivity index is 2.20. The number of hydrogen-bond donors (Lipinski definition) is 0. The number of halogens is 4. The van der Waals surface area contributed by atoms with E-state index in [0.717, 1.165) is 18.4 Å². The molecule has 148 valence electrons. The minimum atomic E-state index is -5.85. The van der Waals surface area contributed by atoms with E-state index in [2.05, 4.69) is 20.7 Å². The van der Waals surface area contributed by atoms with Gasteiger partial charge >= 0.3 is 27.6 Å². The highest BCUT2D eigenvalue weighted by molar-refractivity contribution is 9.09. The number of amides is 1. The lowest BCUT2D eigenvalue weighted by molar-refractivity contribution is -0.191. The SMILES string of the molecule is COC(=O)N1[C@@H]2OC(=O)C3(CCCCC3)[C@H]1N(S(=O)(=O)C(F)(F)F)[C@@H]2Br. The summed E-state index contributed by atoms with van der Waals surface area (Å²) in [4.78, 5) is 24.0. The lowest BCUT2D eigenvalue weighted by Gasteiger charge is -2.48. The lowest BCUT2D eigenvalue weighted by atomic mass is 9.71. The number of methoxy groups -OCH3 is 1. The first kappa shape index (κ1) is 19.7. The van der Waals surface area contributed by atoms with Crippen molar-refractivity contribution in [3.05, 3.63) is 0 Å². The highest BCUT2D eigenvalue weighted by Gasteiger charge is 2.72. The van der Waals surface area contributed by atoms with E-state index in [1.807, 2.05) is 0 Å². The summed E-state index contributed by atoms with van der Waals surface area (Å²) < 4.78 is 74.2. The molecule has 2 saturated heterocycles. The second kappa shape index (κ2) is 6.23. The molecule has 3 aliphatic rings. The summed E-state index contributed by atoms with van der Waals surface area (Å²) in [6.45, 7) is 0. The summed E-state index contributed by atoms with van der Waals surface area (Å²) in [5, 5.41) is 0. The Bertz CT molecular complexity index is 724. The van der Waals surface area contributed by atoms with Crippen LogP contribution in [0.25, 0.3) is 0 Å². The van der Waals surface area contributed by atoms with Gasteiger partial charge in [-0.1, -0.05) is 35.2 Å². The van der Waals surface area contributed by atoms with Crippen molar-refractivity contribution in [2.24, 2.45) is 5.41 Å². The molecule has 2 bridgehead atoms. The molecule has 0 aromatic heterocycles. The van der Waals surface area contributed by atoms with Crippen LogP contribution in [0.1, 0.15) is 32.1 Å². The molecule has 1 aliphatic carbocycles. The zero-order chi connectivity index (χ0) is 19.5. The third-order valence-electron chi connectivity index (χ3n) is 5.09. The Morgan fingerprint density at radius 2 is 1.88 bits per heavy atom. The van der Waals surface area contributed by atoms with Gasteiger partial charge in [-0.3, -0.25) is 9.69 Å². The molecule has 3 rings (SSSR count). The number of carbonyl (C=O) groups excluding carboxylic acids is 2. The van der Waals surface area contributed by atoms with Crippen LogP contribution in [0, 0.1) is 5.41 Å². The van der Waals surface area contributed by atoms with Crippen molar-refractivity contribution in [2.45, 2.75) is 55.0 Å². The van der Waals surface area contributed by atoms with Crippen LogP contribution in [0.4, 0.5) is 18.0 Å². The van der Waals surface area contributed by atoms with Gasteiger partial charge in [-0.05, 0) is 12.8 Å². The van der Waals surface area contributed by atoms with Crippen molar-refractivity contribution in [3.8, 4) is 0 Å². The van der Waals surface area contributed by atoms with Gasteiger partial charge in [-0.2, -0.15) is 17.5 Å². The Morgan fingerprint density at radius 1 is 1.31 bits per heavy atom. The quantitative estimate of drug-likeness (QED) is 0.335. The fourth-order valence-corrected chi connectivity index (χ4v) is 6.37. The van der Waals surface area contributed by atoms with Crippen molar-refractivity contribution >= 4 is 38.0 Å². The van der Waals surface area contributed by atoms with E-state index in [-0.39, 0.29) is 17.1 Å². The van der Waals surface area contributed by atoms with E-state index in [9.17, 15) is 31.2 Å². The molecule has 13 heteroatoms. The van der Waals surface area contributed by atoms with Crippen molar-refractivity contribution in [1.82, 2.24) is 9.21 Å². The number of nitrogens with zero attached hydrogens (tertiary/aromatic N) is 2. The first-order valence-corrected chi connectivity index (χ1v) is 10.2. The predicted molar refractivity (Wildman–Crippen MR) is 83.0 cm³/mol. The van der Waals surface area contributed by atoms with Crippen LogP contribution in [-0.4, -0.2) is 59.6 Å². The molecule has 2 heterocycles. The molecule has 2 aliphatic heterocycles. The fraction of sp³-hybridized carbons (Fsp3) is 0.846. The number of fused-ring (bicyclic) bond motifs is 3. The second-order valence-corrected chi connectivity index (χ2v) is 9.19. The van der Waals surface area contributed by atoms with Gasteiger partial charge in [-0.25, -0.2) is 13.2 Å². The summed E-state index contributed by atoms with van der Waals surface area (Å²) in [6, 6.07) is 0. The van der Waals surface area contributed by atoms with Gasteiger partial charge in [0.25, 0.3) is 0 Å². The van der Waals surface area contributed by atoms with Crippen molar-refractivity contribution in [1.29, 1.82) is 0 Å². The summed E-state index contributed by atoms with van der Waals surface area (Å²) in [5.74, 6) is -0.795. The van der Waals surface area contributed by atoms with Gasteiger partial charge < -0.3 is 9.47 Å². The molecule has 3 atom stereocenters. The lowest BCUT2D eigenvalue weighted by Crippen LogP contribution is -2.64. The monoisotopic (exact) mass is 464 g/mol. The molecule has 0 unspecified atom stereocenters. The second-order valence-electron chi connectivity index (χ2n) is 6.42. The maximum Gasteiger partial charge on any atom is 0.511 e. The van der Waals surface area contributed by atoms with E-state index in [1.165, 1.54) is 0 Å². The van der Waals surface area contributed by atoms with E-state index < -0.39 is 50.4 Å². The van der Waals surface area contributed by atoms with Crippen molar-refractivity contribution in [2.75, 3.05) is 7.11 Å². The molecule has 0 N–H and O–H groups in total. The normalized spacial score (nSPS) is 31.8. The summed E-state index contributed by atoms with van der Waals surface area (Å²) in [5.41, 5.74) is -7.17. The number of carbonyl (C=O) groups is 2. The van der Waals surface area contributed by atoms with E-state index in [0.29, 0.717) is 12.8 Å². The van der Waals surface area contributed by atoms with Crippen LogP contribution in [0.15, 0.2) is 0 Å². The third kappa shape index (κ3) is 2.53. The average Bonchev–Trinajstić information content (AvgIpc) is 2.82. The largest absolute Gasteiger partial charge is 0.511 e. The van der Waals surface area contributed by atoms with E-state index in [4.69, 9.17) is 4.74 Å². The number of esters is 1. The summed E-state index contributed by atoms with van der Waals surface area (Å²) in [6.07, 6.45) is -2.33.